The third kappa shape index (κ3) is 3.97. The molecule has 0 aliphatic heterocycles. The zero-order chi connectivity index (χ0) is 16.1. The van der Waals surface area contributed by atoms with Gasteiger partial charge in [-0.15, -0.1) is 0 Å². The van der Waals surface area contributed by atoms with Crippen LogP contribution in [0.2, 0.25) is 0 Å². The topological polar surface area (TPSA) is 55.8 Å². The number of aliphatic hydroxyl groups is 1. The van der Waals surface area contributed by atoms with E-state index < -0.39 is 6.10 Å². The van der Waals surface area contributed by atoms with Crippen LogP contribution in [-0.4, -0.2) is 30.2 Å². The predicted molar refractivity (Wildman–Crippen MR) is 86.7 cm³/mol. The number of Topliss-reactive ketones (excluding diaryl/α,β-unsaturated/α-hetero) is 1. The van der Waals surface area contributed by atoms with Gasteiger partial charge in [-0.2, -0.15) is 0 Å². The van der Waals surface area contributed by atoms with Gasteiger partial charge in [0.05, 0.1) is 13.2 Å². The van der Waals surface area contributed by atoms with Gasteiger partial charge in [0.15, 0.2) is 5.78 Å². The van der Waals surface area contributed by atoms with E-state index in [-0.39, 0.29) is 19.0 Å². The first-order valence-electron chi connectivity index (χ1n) is 7.81. The molecule has 0 aromatic heterocycles. The third-order valence-electron chi connectivity index (χ3n) is 3.89. The van der Waals surface area contributed by atoms with E-state index in [9.17, 15) is 9.90 Å². The van der Waals surface area contributed by atoms with E-state index in [2.05, 4.69) is 0 Å². The van der Waals surface area contributed by atoms with E-state index in [4.69, 9.17) is 9.47 Å². The first-order valence-corrected chi connectivity index (χ1v) is 7.81. The van der Waals surface area contributed by atoms with E-state index in [1.165, 1.54) is 0 Å². The summed E-state index contributed by atoms with van der Waals surface area (Å²) in [5, 5.41) is 9.97. The Morgan fingerprint density at radius 2 is 1.83 bits per heavy atom. The Morgan fingerprint density at radius 3 is 2.65 bits per heavy atom. The number of ether oxygens (including phenoxy) is 2. The van der Waals surface area contributed by atoms with Crippen LogP contribution in [0.1, 0.15) is 27.9 Å². The smallest absolute Gasteiger partial charge is 0.163 e. The van der Waals surface area contributed by atoms with Crippen LogP contribution in [0.5, 0.6) is 5.75 Å². The van der Waals surface area contributed by atoms with Crippen molar-refractivity contribution >= 4 is 5.78 Å². The fraction of sp³-hybridized carbons (Fsp3) is 0.316. The Kier molecular flexibility index (Phi) is 5.05. The number of fused-ring (bicyclic) bond motifs is 1. The number of aliphatic hydroxyl groups excluding tert-OH is 1. The predicted octanol–water partition coefficient (Wildman–Crippen LogP) is 2.77. The molecule has 0 heterocycles. The minimum atomic E-state index is -0.702. The summed E-state index contributed by atoms with van der Waals surface area (Å²) in [6, 6.07) is 15.3. The Hall–Kier alpha value is -2.17. The number of benzene rings is 2. The standard InChI is InChI=1S/C19H20O4/c20-15(12-22-11-14-5-2-1-3-6-14)13-23-19-8-4-7-16-17(19)9-10-18(16)21/h1-8,15,20H,9-13H2. The highest BCUT2D eigenvalue weighted by molar-refractivity contribution is 6.01. The van der Waals surface area contributed by atoms with Crippen molar-refractivity contribution in [2.75, 3.05) is 13.2 Å². The fourth-order valence-electron chi connectivity index (χ4n) is 2.71. The van der Waals surface area contributed by atoms with E-state index >= 15 is 0 Å². The van der Waals surface area contributed by atoms with Crippen LogP contribution in [0.25, 0.3) is 0 Å². The second-order valence-electron chi connectivity index (χ2n) is 5.67. The Morgan fingerprint density at radius 1 is 1.00 bits per heavy atom. The number of hydrogen-bond donors (Lipinski definition) is 1. The Balaban J connectivity index is 1.46. The molecule has 1 atom stereocenters. The van der Waals surface area contributed by atoms with Crippen LogP contribution in [-0.2, 0) is 17.8 Å². The molecule has 23 heavy (non-hydrogen) atoms. The zero-order valence-corrected chi connectivity index (χ0v) is 12.9. The van der Waals surface area contributed by atoms with Crippen LogP contribution in [0, 0.1) is 0 Å². The van der Waals surface area contributed by atoms with E-state index in [1.54, 1.807) is 0 Å². The molecule has 0 fully saturated rings. The first kappa shape index (κ1) is 15.7. The second-order valence-corrected chi connectivity index (χ2v) is 5.67. The van der Waals surface area contributed by atoms with E-state index in [1.807, 2.05) is 48.5 Å². The molecule has 0 saturated carbocycles. The SMILES string of the molecule is O=C1CCc2c(OCC(O)COCc3ccccc3)cccc21. The summed E-state index contributed by atoms with van der Waals surface area (Å²) < 4.78 is 11.2. The molecule has 1 aliphatic rings. The summed E-state index contributed by atoms with van der Waals surface area (Å²) in [6.45, 7) is 0.829. The van der Waals surface area contributed by atoms with E-state index in [0.29, 0.717) is 25.2 Å². The minimum Gasteiger partial charge on any atom is -0.490 e. The van der Waals surface area contributed by atoms with Crippen LogP contribution in [0.4, 0.5) is 0 Å². The van der Waals surface area contributed by atoms with Crippen molar-refractivity contribution in [2.24, 2.45) is 0 Å². The second kappa shape index (κ2) is 7.40. The molecule has 2 aromatic rings. The lowest BCUT2D eigenvalue weighted by Gasteiger charge is -2.15. The van der Waals surface area contributed by atoms with Gasteiger partial charge in [-0.05, 0) is 18.1 Å². The van der Waals surface area contributed by atoms with Crippen molar-refractivity contribution in [2.45, 2.75) is 25.6 Å². The lowest BCUT2D eigenvalue weighted by molar-refractivity contribution is 0.00534. The van der Waals surface area contributed by atoms with Crippen LogP contribution < -0.4 is 4.74 Å². The number of rotatable bonds is 7. The monoisotopic (exact) mass is 312 g/mol. The van der Waals surface area contributed by atoms with Crippen molar-refractivity contribution < 1.29 is 19.4 Å². The molecule has 2 aromatic carbocycles. The van der Waals surface area contributed by atoms with Crippen molar-refractivity contribution in [3.8, 4) is 5.75 Å². The summed E-state index contributed by atoms with van der Waals surface area (Å²) in [5.74, 6) is 0.854. The van der Waals surface area contributed by atoms with Gasteiger partial charge < -0.3 is 14.6 Å². The van der Waals surface area contributed by atoms with Gasteiger partial charge in [-0.1, -0.05) is 42.5 Å². The molecule has 1 aliphatic carbocycles. The molecule has 0 amide bonds. The molecule has 0 saturated heterocycles. The molecule has 1 unspecified atom stereocenters. The lowest BCUT2D eigenvalue weighted by atomic mass is 10.1. The average Bonchev–Trinajstić information content (AvgIpc) is 2.96. The maximum absolute atomic E-state index is 11.7. The summed E-state index contributed by atoms with van der Waals surface area (Å²) in [7, 11) is 0. The largest absolute Gasteiger partial charge is 0.490 e. The van der Waals surface area contributed by atoms with Crippen molar-refractivity contribution in [1.82, 2.24) is 0 Å². The quantitative estimate of drug-likeness (QED) is 0.854. The van der Waals surface area contributed by atoms with Crippen LogP contribution in [0.15, 0.2) is 48.5 Å². The van der Waals surface area contributed by atoms with Crippen molar-refractivity contribution in [3.05, 3.63) is 65.2 Å². The summed E-state index contributed by atoms with van der Waals surface area (Å²) in [6.07, 6.45) is 0.551. The summed E-state index contributed by atoms with van der Waals surface area (Å²) >= 11 is 0. The van der Waals surface area contributed by atoms with Crippen LogP contribution >= 0.6 is 0 Å². The highest BCUT2D eigenvalue weighted by Crippen LogP contribution is 2.30. The molecule has 0 bridgehead atoms. The van der Waals surface area contributed by atoms with Crippen LogP contribution in [0.3, 0.4) is 0 Å². The minimum absolute atomic E-state index is 0.152. The first-order chi connectivity index (χ1) is 11.2. The van der Waals surface area contributed by atoms with Gasteiger partial charge >= 0.3 is 0 Å². The van der Waals surface area contributed by atoms with E-state index in [0.717, 1.165) is 16.7 Å². The third-order valence-corrected chi connectivity index (χ3v) is 3.89. The van der Waals surface area contributed by atoms with Gasteiger partial charge in [-0.25, -0.2) is 0 Å². The zero-order valence-electron chi connectivity index (χ0n) is 12.9. The highest BCUT2D eigenvalue weighted by Gasteiger charge is 2.22. The van der Waals surface area contributed by atoms with Gasteiger partial charge in [0.25, 0.3) is 0 Å². The molecule has 3 rings (SSSR count). The molecular formula is C19H20O4. The lowest BCUT2D eigenvalue weighted by Crippen LogP contribution is -2.23. The summed E-state index contributed by atoms with van der Waals surface area (Å²) in [5.41, 5.74) is 2.77. The maximum atomic E-state index is 11.7. The molecule has 4 heteroatoms. The van der Waals surface area contributed by atoms with Gasteiger partial charge in [-0.3, -0.25) is 4.79 Å². The average molecular weight is 312 g/mol. The molecule has 120 valence electrons. The number of hydrogen-bond acceptors (Lipinski definition) is 4. The normalized spacial score (nSPS) is 14.6. The number of carbonyl (C=O) groups is 1. The molecule has 4 nitrogen and oxygen atoms in total. The molecule has 0 spiro atoms. The highest BCUT2D eigenvalue weighted by atomic mass is 16.5. The molecular weight excluding hydrogens is 292 g/mol. The molecule has 0 radical (unpaired) electrons. The van der Waals surface area contributed by atoms with Gasteiger partial charge in [0, 0.05) is 17.5 Å². The Labute approximate surface area is 135 Å². The number of carbonyl (C=O) groups excluding carboxylic acids is 1. The van der Waals surface area contributed by atoms with Gasteiger partial charge in [0.2, 0.25) is 0 Å². The number of ketones is 1. The Bertz CT molecular complexity index is 666. The van der Waals surface area contributed by atoms with Crippen molar-refractivity contribution in [1.29, 1.82) is 0 Å². The van der Waals surface area contributed by atoms with Gasteiger partial charge in [0.1, 0.15) is 18.5 Å². The molecule has 1 N–H and O–H groups in total. The summed E-state index contributed by atoms with van der Waals surface area (Å²) in [4.78, 5) is 11.7. The van der Waals surface area contributed by atoms with Crippen molar-refractivity contribution in [3.63, 3.8) is 0 Å². The fourth-order valence-corrected chi connectivity index (χ4v) is 2.71. The maximum Gasteiger partial charge on any atom is 0.163 e.